The third kappa shape index (κ3) is 1.90. The van der Waals surface area contributed by atoms with Crippen LogP contribution in [0.4, 0.5) is 4.39 Å². The van der Waals surface area contributed by atoms with Gasteiger partial charge in [0.25, 0.3) is 5.56 Å². The summed E-state index contributed by atoms with van der Waals surface area (Å²) in [7, 11) is 0. The molecule has 22 heavy (non-hydrogen) atoms. The molecular formula is C17H11FN2O2. The van der Waals surface area contributed by atoms with Gasteiger partial charge in [0.15, 0.2) is 0 Å². The monoisotopic (exact) mass is 294 g/mol. The molecule has 0 bridgehead atoms. The van der Waals surface area contributed by atoms with E-state index in [1.807, 2.05) is 25.1 Å². The second-order valence-electron chi connectivity index (χ2n) is 5.20. The van der Waals surface area contributed by atoms with E-state index in [2.05, 4.69) is 5.10 Å². The van der Waals surface area contributed by atoms with Gasteiger partial charge in [0.05, 0.1) is 5.69 Å². The van der Waals surface area contributed by atoms with Crippen LogP contribution in [0, 0.1) is 12.7 Å². The zero-order chi connectivity index (χ0) is 15.3. The first-order valence-corrected chi connectivity index (χ1v) is 6.81. The molecule has 0 radical (unpaired) electrons. The standard InChI is InChI=1S/C17H11FN2O2/c1-10-5-6-15-11(7-10)8-14-16(22-15)19-20(17(14)21)13-4-2-3-12(18)9-13/h2-9H,1H3. The van der Waals surface area contributed by atoms with Gasteiger partial charge in [-0.1, -0.05) is 17.7 Å². The molecule has 0 saturated heterocycles. The average Bonchev–Trinajstić information content (AvgIpc) is 2.82. The van der Waals surface area contributed by atoms with Gasteiger partial charge in [0, 0.05) is 5.39 Å². The molecule has 2 aromatic rings. The molecule has 5 heteroatoms. The highest BCUT2D eigenvalue weighted by molar-refractivity contribution is 5.82. The molecule has 0 aromatic heterocycles. The summed E-state index contributed by atoms with van der Waals surface area (Å²) in [5.41, 5.74) is 2.15. The van der Waals surface area contributed by atoms with Crippen LogP contribution in [0.25, 0.3) is 28.1 Å². The zero-order valence-corrected chi connectivity index (χ0v) is 11.7. The second-order valence-corrected chi connectivity index (χ2v) is 5.20. The number of halogens is 1. The Labute approximate surface area is 124 Å². The minimum absolute atomic E-state index is 0.241. The molecule has 0 aliphatic carbocycles. The molecule has 2 aromatic carbocycles. The summed E-state index contributed by atoms with van der Waals surface area (Å²) in [4.78, 5) is 12.5. The third-order valence-corrected chi connectivity index (χ3v) is 3.57. The summed E-state index contributed by atoms with van der Waals surface area (Å²) in [6.45, 7) is 1.97. The van der Waals surface area contributed by atoms with E-state index in [4.69, 9.17) is 4.42 Å². The van der Waals surface area contributed by atoms with Crippen molar-refractivity contribution in [2.75, 3.05) is 0 Å². The number of nitrogens with zero attached hydrogens (tertiary/aromatic N) is 2. The molecule has 2 aliphatic heterocycles. The highest BCUT2D eigenvalue weighted by Gasteiger charge is 2.19. The van der Waals surface area contributed by atoms with E-state index in [1.54, 1.807) is 12.1 Å². The largest absolute Gasteiger partial charge is 0.436 e. The molecule has 0 saturated carbocycles. The molecule has 2 heterocycles. The lowest BCUT2D eigenvalue weighted by Gasteiger charge is -2.00. The van der Waals surface area contributed by atoms with Gasteiger partial charge in [-0.3, -0.25) is 4.79 Å². The normalized spacial score (nSPS) is 11.4. The van der Waals surface area contributed by atoms with Crippen LogP contribution < -0.4 is 5.56 Å². The first-order chi connectivity index (χ1) is 10.6. The Balaban J connectivity index is 2.03. The molecule has 0 N–H and O–H groups in total. The van der Waals surface area contributed by atoms with Gasteiger partial charge in [0.1, 0.15) is 17.0 Å². The molecular weight excluding hydrogens is 283 g/mol. The third-order valence-electron chi connectivity index (χ3n) is 3.57. The summed E-state index contributed by atoms with van der Waals surface area (Å²) >= 11 is 0. The van der Waals surface area contributed by atoms with Gasteiger partial charge in [-0.15, -0.1) is 5.10 Å². The smallest absolute Gasteiger partial charge is 0.284 e. The number of aromatic nitrogens is 2. The Kier molecular flexibility index (Phi) is 2.63. The van der Waals surface area contributed by atoms with Crippen molar-refractivity contribution in [3.05, 3.63) is 70.3 Å². The van der Waals surface area contributed by atoms with Crippen molar-refractivity contribution >= 4 is 11.0 Å². The van der Waals surface area contributed by atoms with Crippen molar-refractivity contribution in [2.24, 2.45) is 0 Å². The van der Waals surface area contributed by atoms with Gasteiger partial charge < -0.3 is 4.42 Å². The molecule has 2 aliphatic rings. The topological polar surface area (TPSA) is 48.0 Å². The van der Waals surface area contributed by atoms with E-state index >= 15 is 0 Å². The fraction of sp³-hybridized carbons (Fsp3) is 0.0588. The summed E-state index contributed by atoms with van der Waals surface area (Å²) in [5.74, 6) is -0.181. The van der Waals surface area contributed by atoms with E-state index in [0.29, 0.717) is 16.8 Å². The minimum Gasteiger partial charge on any atom is -0.436 e. The first-order valence-electron chi connectivity index (χ1n) is 6.81. The molecule has 108 valence electrons. The van der Waals surface area contributed by atoms with Gasteiger partial charge >= 0.3 is 0 Å². The quantitative estimate of drug-likeness (QED) is 0.539. The van der Waals surface area contributed by atoms with E-state index in [9.17, 15) is 9.18 Å². The fourth-order valence-corrected chi connectivity index (χ4v) is 2.51. The Morgan fingerprint density at radius 3 is 2.82 bits per heavy atom. The predicted octanol–water partition coefficient (Wildman–Crippen LogP) is 3.53. The van der Waals surface area contributed by atoms with Crippen molar-refractivity contribution in [3.8, 4) is 17.1 Å². The van der Waals surface area contributed by atoms with Crippen molar-refractivity contribution < 1.29 is 8.81 Å². The van der Waals surface area contributed by atoms with E-state index in [1.165, 1.54) is 18.2 Å². The molecule has 4 rings (SSSR count). The molecule has 0 amide bonds. The Bertz CT molecular complexity index is 1030. The summed E-state index contributed by atoms with van der Waals surface area (Å²) in [6, 6.07) is 13.2. The number of benzene rings is 2. The van der Waals surface area contributed by atoms with Crippen LogP contribution in [-0.4, -0.2) is 9.78 Å². The van der Waals surface area contributed by atoms with Crippen LogP contribution in [0.3, 0.4) is 0 Å². The predicted molar refractivity (Wildman–Crippen MR) is 80.9 cm³/mol. The zero-order valence-electron chi connectivity index (χ0n) is 11.7. The number of fused-ring (bicyclic) bond motifs is 2. The van der Waals surface area contributed by atoms with Crippen LogP contribution in [0.15, 0.2) is 57.7 Å². The van der Waals surface area contributed by atoms with Crippen molar-refractivity contribution in [3.63, 3.8) is 0 Å². The highest BCUT2D eigenvalue weighted by Crippen LogP contribution is 2.25. The van der Waals surface area contributed by atoms with Gasteiger partial charge in [0.2, 0.25) is 5.89 Å². The maximum atomic E-state index is 13.3. The maximum absolute atomic E-state index is 13.3. The molecule has 0 atom stereocenters. The lowest BCUT2D eigenvalue weighted by Crippen LogP contribution is -2.14. The van der Waals surface area contributed by atoms with Crippen molar-refractivity contribution in [1.82, 2.24) is 9.78 Å². The number of hydrogen-bond donors (Lipinski definition) is 0. The van der Waals surface area contributed by atoms with Crippen LogP contribution in [0.1, 0.15) is 5.56 Å². The molecule has 4 nitrogen and oxygen atoms in total. The summed E-state index contributed by atoms with van der Waals surface area (Å²) in [6.07, 6.45) is 0. The maximum Gasteiger partial charge on any atom is 0.284 e. The second kappa shape index (κ2) is 4.53. The Hall–Kier alpha value is -2.95. The lowest BCUT2D eigenvalue weighted by molar-refractivity contribution is 0.589. The highest BCUT2D eigenvalue weighted by atomic mass is 19.1. The SMILES string of the molecule is Cc1ccc2oc3nn(-c4cccc(F)c4)c(=O)c-3cc2c1. The Morgan fingerprint density at radius 2 is 2.00 bits per heavy atom. The van der Waals surface area contributed by atoms with Gasteiger partial charge in [-0.05, 0) is 43.3 Å². The van der Waals surface area contributed by atoms with Crippen LogP contribution >= 0.6 is 0 Å². The van der Waals surface area contributed by atoms with Crippen molar-refractivity contribution in [1.29, 1.82) is 0 Å². The van der Waals surface area contributed by atoms with E-state index < -0.39 is 5.82 Å². The van der Waals surface area contributed by atoms with E-state index in [-0.39, 0.29) is 11.4 Å². The van der Waals surface area contributed by atoms with E-state index in [0.717, 1.165) is 15.6 Å². The fourth-order valence-electron chi connectivity index (χ4n) is 2.51. The van der Waals surface area contributed by atoms with Crippen LogP contribution in [-0.2, 0) is 0 Å². The molecule has 0 unspecified atom stereocenters. The average molecular weight is 294 g/mol. The first kappa shape index (κ1) is 12.8. The summed E-state index contributed by atoms with van der Waals surface area (Å²) in [5, 5.41) is 5.00. The minimum atomic E-state index is -0.422. The number of aryl methyl sites for hydroxylation is 1. The van der Waals surface area contributed by atoms with Crippen LogP contribution in [0.2, 0.25) is 0 Å². The lowest BCUT2D eigenvalue weighted by atomic mass is 10.1. The van der Waals surface area contributed by atoms with Gasteiger partial charge in [-0.25, -0.2) is 4.39 Å². The number of rotatable bonds is 1. The van der Waals surface area contributed by atoms with Gasteiger partial charge in [-0.2, -0.15) is 4.68 Å². The van der Waals surface area contributed by atoms with Crippen molar-refractivity contribution in [2.45, 2.75) is 6.92 Å². The number of hydrogen-bond acceptors (Lipinski definition) is 3. The Morgan fingerprint density at radius 1 is 1.14 bits per heavy atom. The summed E-state index contributed by atoms with van der Waals surface area (Å²) < 4.78 is 20.2. The molecule has 0 fully saturated rings. The van der Waals surface area contributed by atoms with Crippen LogP contribution in [0.5, 0.6) is 0 Å². The molecule has 0 spiro atoms.